The SMILES string of the molecule is NCC(C(=O)NCCCCC(=O)CCS)N1C(=O)C=CC1=O. The van der Waals surface area contributed by atoms with Crippen LogP contribution in [-0.4, -0.2) is 53.3 Å². The number of hydrogen-bond acceptors (Lipinski definition) is 6. The fraction of sp³-hybridized carbons (Fsp3) is 0.571. The molecule has 1 atom stereocenters. The number of rotatable bonds is 10. The lowest BCUT2D eigenvalue weighted by Gasteiger charge is -2.23. The number of amides is 3. The van der Waals surface area contributed by atoms with Gasteiger partial charge in [0.25, 0.3) is 11.8 Å². The van der Waals surface area contributed by atoms with E-state index in [0.717, 1.165) is 17.1 Å². The van der Waals surface area contributed by atoms with Crippen LogP contribution in [0.25, 0.3) is 0 Å². The Morgan fingerprint density at radius 3 is 2.36 bits per heavy atom. The van der Waals surface area contributed by atoms with Crippen LogP contribution >= 0.6 is 12.6 Å². The summed E-state index contributed by atoms with van der Waals surface area (Å²) in [6, 6.07) is -0.999. The highest BCUT2D eigenvalue weighted by Gasteiger charge is 2.34. The van der Waals surface area contributed by atoms with Gasteiger partial charge in [0.05, 0.1) is 0 Å². The molecule has 122 valence electrons. The third kappa shape index (κ3) is 5.27. The van der Waals surface area contributed by atoms with E-state index < -0.39 is 23.8 Å². The van der Waals surface area contributed by atoms with Crippen molar-refractivity contribution in [2.75, 3.05) is 18.8 Å². The first-order valence-electron chi connectivity index (χ1n) is 7.16. The molecule has 3 amide bonds. The van der Waals surface area contributed by atoms with Crippen LogP contribution in [0.15, 0.2) is 12.2 Å². The fourth-order valence-corrected chi connectivity index (χ4v) is 2.32. The van der Waals surface area contributed by atoms with Gasteiger partial charge in [0.15, 0.2) is 0 Å². The number of carbonyl (C=O) groups excluding carboxylic acids is 4. The highest BCUT2D eigenvalue weighted by atomic mass is 32.1. The van der Waals surface area contributed by atoms with Gasteiger partial charge in [-0.15, -0.1) is 0 Å². The number of Topliss-reactive ketones (excluding diaryl/α,β-unsaturated/α-hetero) is 1. The van der Waals surface area contributed by atoms with Gasteiger partial charge in [-0.05, 0) is 18.6 Å². The van der Waals surface area contributed by atoms with E-state index in [1.54, 1.807) is 0 Å². The molecule has 1 unspecified atom stereocenters. The van der Waals surface area contributed by atoms with Crippen molar-refractivity contribution in [3.8, 4) is 0 Å². The van der Waals surface area contributed by atoms with E-state index >= 15 is 0 Å². The van der Waals surface area contributed by atoms with E-state index in [1.165, 1.54) is 0 Å². The quantitative estimate of drug-likeness (QED) is 0.282. The van der Waals surface area contributed by atoms with Gasteiger partial charge >= 0.3 is 0 Å². The fourth-order valence-electron chi connectivity index (χ4n) is 2.07. The lowest BCUT2D eigenvalue weighted by molar-refractivity contribution is -0.145. The second-order valence-corrected chi connectivity index (χ2v) is 5.34. The maximum Gasteiger partial charge on any atom is 0.254 e. The van der Waals surface area contributed by atoms with Crippen LogP contribution in [0.2, 0.25) is 0 Å². The number of ketones is 1. The highest BCUT2D eigenvalue weighted by Crippen LogP contribution is 2.09. The number of unbranched alkanes of at least 4 members (excludes halogenated alkanes) is 1. The zero-order valence-electron chi connectivity index (χ0n) is 12.3. The lowest BCUT2D eigenvalue weighted by Crippen LogP contribution is -2.53. The highest BCUT2D eigenvalue weighted by molar-refractivity contribution is 7.80. The molecular weight excluding hydrogens is 306 g/mol. The van der Waals surface area contributed by atoms with Crippen LogP contribution in [0.4, 0.5) is 0 Å². The summed E-state index contributed by atoms with van der Waals surface area (Å²) in [6.07, 6.45) is 4.46. The molecule has 0 saturated carbocycles. The Balaban J connectivity index is 2.33. The van der Waals surface area contributed by atoms with Crippen molar-refractivity contribution in [2.24, 2.45) is 5.73 Å². The summed E-state index contributed by atoms with van der Waals surface area (Å²) < 4.78 is 0. The Kier molecular flexibility index (Phi) is 7.83. The third-order valence-corrected chi connectivity index (χ3v) is 3.48. The number of thiol groups is 1. The third-order valence-electron chi connectivity index (χ3n) is 3.25. The van der Waals surface area contributed by atoms with Crippen molar-refractivity contribution in [1.82, 2.24) is 10.2 Å². The number of nitrogens with zero attached hydrogens (tertiary/aromatic N) is 1. The predicted octanol–water partition coefficient (Wildman–Crippen LogP) is -0.586. The van der Waals surface area contributed by atoms with Gasteiger partial charge in [-0.1, -0.05) is 0 Å². The van der Waals surface area contributed by atoms with Crippen molar-refractivity contribution >= 4 is 36.1 Å². The smallest absolute Gasteiger partial charge is 0.254 e. The molecule has 0 aromatic rings. The number of imide groups is 1. The van der Waals surface area contributed by atoms with Crippen molar-refractivity contribution in [1.29, 1.82) is 0 Å². The molecule has 8 heteroatoms. The van der Waals surface area contributed by atoms with E-state index in [4.69, 9.17) is 5.73 Å². The van der Waals surface area contributed by atoms with Crippen LogP contribution in [0.3, 0.4) is 0 Å². The van der Waals surface area contributed by atoms with E-state index in [0.29, 0.717) is 38.0 Å². The second kappa shape index (κ2) is 9.37. The Morgan fingerprint density at radius 1 is 1.18 bits per heavy atom. The molecule has 3 N–H and O–H groups in total. The molecule has 0 aromatic carbocycles. The summed E-state index contributed by atoms with van der Waals surface area (Å²) in [5.74, 6) is -0.837. The normalized spacial score (nSPS) is 15.3. The average Bonchev–Trinajstić information content (AvgIpc) is 2.80. The van der Waals surface area contributed by atoms with Crippen molar-refractivity contribution in [3.05, 3.63) is 12.2 Å². The molecule has 0 spiro atoms. The van der Waals surface area contributed by atoms with Gasteiger partial charge in [0.1, 0.15) is 11.8 Å². The van der Waals surface area contributed by atoms with Gasteiger partial charge in [-0.25, -0.2) is 0 Å². The van der Waals surface area contributed by atoms with Gasteiger partial charge in [0, 0.05) is 38.1 Å². The van der Waals surface area contributed by atoms with Gasteiger partial charge in [-0.2, -0.15) is 12.6 Å². The number of carbonyl (C=O) groups is 4. The molecule has 0 bridgehead atoms. The van der Waals surface area contributed by atoms with Crippen LogP contribution in [-0.2, 0) is 19.2 Å². The average molecular weight is 327 g/mol. The topological polar surface area (TPSA) is 110 Å². The lowest BCUT2D eigenvalue weighted by atomic mass is 10.1. The summed E-state index contributed by atoms with van der Waals surface area (Å²) >= 11 is 3.99. The number of nitrogens with one attached hydrogen (secondary N) is 1. The zero-order valence-corrected chi connectivity index (χ0v) is 13.2. The first-order valence-corrected chi connectivity index (χ1v) is 7.80. The van der Waals surface area contributed by atoms with Crippen LogP contribution in [0.1, 0.15) is 25.7 Å². The Morgan fingerprint density at radius 2 is 1.82 bits per heavy atom. The molecule has 1 aliphatic rings. The molecule has 1 heterocycles. The maximum absolute atomic E-state index is 12.0. The first kappa shape index (κ1) is 18.4. The minimum atomic E-state index is -0.999. The van der Waals surface area contributed by atoms with E-state index in [1.807, 2.05) is 0 Å². The maximum atomic E-state index is 12.0. The summed E-state index contributed by atoms with van der Waals surface area (Å²) in [4.78, 5) is 47.2. The standard InChI is InChI=1S/C14H21N3O4S/c15-9-11(17-12(19)4-5-13(17)20)14(21)16-7-2-1-3-10(18)6-8-22/h4-5,11,22H,1-3,6-9,15H2,(H,16,21). The van der Waals surface area contributed by atoms with Crippen molar-refractivity contribution in [2.45, 2.75) is 31.7 Å². The summed E-state index contributed by atoms with van der Waals surface area (Å²) in [7, 11) is 0. The molecule has 0 saturated heterocycles. The molecule has 0 aromatic heterocycles. The van der Waals surface area contributed by atoms with Crippen molar-refractivity contribution in [3.63, 3.8) is 0 Å². The number of hydrogen-bond donors (Lipinski definition) is 3. The van der Waals surface area contributed by atoms with Gasteiger partial charge in [0.2, 0.25) is 5.91 Å². The van der Waals surface area contributed by atoms with E-state index in [-0.39, 0.29) is 12.3 Å². The largest absolute Gasteiger partial charge is 0.354 e. The van der Waals surface area contributed by atoms with E-state index in [9.17, 15) is 19.2 Å². The van der Waals surface area contributed by atoms with Crippen LogP contribution in [0.5, 0.6) is 0 Å². The predicted molar refractivity (Wildman–Crippen MR) is 84.2 cm³/mol. The Bertz CT molecular complexity index is 461. The van der Waals surface area contributed by atoms with E-state index in [2.05, 4.69) is 17.9 Å². The monoisotopic (exact) mass is 327 g/mol. The Hall–Kier alpha value is -1.67. The molecule has 0 fully saturated rings. The molecule has 0 aliphatic carbocycles. The van der Waals surface area contributed by atoms with Gasteiger partial charge < -0.3 is 11.1 Å². The Labute approximate surface area is 134 Å². The minimum absolute atomic E-state index is 0.134. The van der Waals surface area contributed by atoms with Crippen LogP contribution in [0, 0.1) is 0 Å². The molecular formula is C14H21N3O4S. The summed E-state index contributed by atoms with van der Waals surface area (Å²) in [6.45, 7) is 0.235. The summed E-state index contributed by atoms with van der Waals surface area (Å²) in [5.41, 5.74) is 5.49. The summed E-state index contributed by atoms with van der Waals surface area (Å²) in [5, 5.41) is 2.64. The second-order valence-electron chi connectivity index (χ2n) is 4.89. The number of nitrogens with two attached hydrogens (primary N) is 1. The molecule has 7 nitrogen and oxygen atoms in total. The first-order chi connectivity index (χ1) is 10.5. The van der Waals surface area contributed by atoms with Crippen molar-refractivity contribution < 1.29 is 19.2 Å². The molecule has 22 heavy (non-hydrogen) atoms. The minimum Gasteiger partial charge on any atom is -0.354 e. The van der Waals surface area contributed by atoms with Crippen LogP contribution < -0.4 is 11.1 Å². The van der Waals surface area contributed by atoms with Gasteiger partial charge in [-0.3, -0.25) is 24.1 Å². The zero-order chi connectivity index (χ0) is 16.5. The molecule has 1 aliphatic heterocycles. The molecule has 0 radical (unpaired) electrons. The molecule has 1 rings (SSSR count).